The number of nitrogens with zero attached hydrogens (tertiary/aromatic N) is 6. The summed E-state index contributed by atoms with van der Waals surface area (Å²) in [6.45, 7) is 0. The topological polar surface area (TPSA) is 69.4 Å². The molecule has 278 valence electrons. The van der Waals surface area contributed by atoms with E-state index in [9.17, 15) is 0 Å². The van der Waals surface area contributed by atoms with Crippen LogP contribution in [0.3, 0.4) is 0 Å². The van der Waals surface area contributed by atoms with Gasteiger partial charge < -0.3 is 0 Å². The van der Waals surface area contributed by atoms with Crippen LogP contribution in [-0.4, -0.2) is 29.7 Å². The molecule has 10 aromatic rings. The average molecular weight is 757 g/mol. The van der Waals surface area contributed by atoms with E-state index < -0.39 is 0 Å². The Morgan fingerprint density at radius 3 is 0.915 bits per heavy atom. The zero-order chi connectivity index (χ0) is 39.4. The Morgan fingerprint density at radius 2 is 0.559 bits per heavy atom. The molecule has 0 spiro atoms. The summed E-state index contributed by atoms with van der Waals surface area (Å²) in [6, 6.07) is 63.7. The molecule has 10 rings (SSSR count). The van der Waals surface area contributed by atoms with E-state index in [1.807, 2.05) is 36.8 Å². The maximum absolute atomic E-state index is 4.92. The van der Waals surface area contributed by atoms with Gasteiger partial charge in [0, 0.05) is 54.0 Å². The summed E-state index contributed by atoms with van der Waals surface area (Å²) in [6.07, 6.45) is 11.1. The molecule has 0 N–H and O–H groups in total. The van der Waals surface area contributed by atoms with Gasteiger partial charge in [0.2, 0.25) is 0 Å². The molecule has 4 aromatic heterocycles. The summed E-state index contributed by atoms with van der Waals surface area (Å²) in [7, 11) is 0. The number of pyridine rings is 3. The van der Waals surface area contributed by atoms with Crippen molar-refractivity contribution >= 4 is 0 Å². The van der Waals surface area contributed by atoms with Gasteiger partial charge >= 0.3 is 0 Å². The second kappa shape index (κ2) is 15.8. The molecule has 6 aromatic carbocycles. The molecule has 0 atom stereocenters. The first-order valence-electron chi connectivity index (χ1n) is 19.5. The van der Waals surface area contributed by atoms with Crippen LogP contribution >= 0.6 is 0 Å². The molecule has 6 nitrogen and oxygen atoms in total. The molecule has 0 bridgehead atoms. The van der Waals surface area contributed by atoms with Crippen molar-refractivity contribution in [3.63, 3.8) is 0 Å². The minimum absolute atomic E-state index is 0.754. The fraction of sp³-hybridized carbons (Fsp3) is 0. The Balaban J connectivity index is 1.05. The Kier molecular flexibility index (Phi) is 9.47. The summed E-state index contributed by atoms with van der Waals surface area (Å²) >= 11 is 0. The standard InChI is InChI=1S/C53H36N6/c1-7-43(37-16-22-40(23-17-37)48-12-4-28-54-34-48)31-46(10-1)52-57-58-53(47-11-2-8-44(32-47)38-18-24-41(25-19-38)49-13-5-29-55-35-49)59(52)51-15-3-9-45(33-51)39-20-26-42(27-21-39)50-14-6-30-56-36-50/h1-36H. The highest BCUT2D eigenvalue weighted by atomic mass is 15.3. The van der Waals surface area contributed by atoms with Crippen molar-refractivity contribution in [2.45, 2.75) is 0 Å². The van der Waals surface area contributed by atoms with Gasteiger partial charge in [-0.1, -0.05) is 140 Å². The monoisotopic (exact) mass is 756 g/mol. The lowest BCUT2D eigenvalue weighted by Crippen LogP contribution is -2.01. The number of hydrogen-bond acceptors (Lipinski definition) is 5. The second-order valence-corrected chi connectivity index (χ2v) is 14.4. The SMILES string of the molecule is c1cncc(-c2ccc(-c3cccc(-c4nnc(-c5cccc(-c6ccc(-c7cccnc7)cc6)c5)n4-c4cccc(-c5ccc(-c6cccnc6)cc5)c4)c3)cc2)c1. The predicted molar refractivity (Wildman–Crippen MR) is 238 cm³/mol. The summed E-state index contributed by atoms with van der Waals surface area (Å²) in [5.74, 6) is 1.51. The van der Waals surface area contributed by atoms with Crippen LogP contribution < -0.4 is 0 Å². The fourth-order valence-electron chi connectivity index (χ4n) is 7.57. The Bertz CT molecular complexity index is 2850. The van der Waals surface area contributed by atoms with Crippen molar-refractivity contribution < 1.29 is 0 Å². The molecule has 0 aliphatic heterocycles. The third-order valence-corrected chi connectivity index (χ3v) is 10.6. The number of aromatic nitrogens is 6. The average Bonchev–Trinajstić information content (AvgIpc) is 3.78. The van der Waals surface area contributed by atoms with Gasteiger partial charge in [0.1, 0.15) is 0 Å². The third kappa shape index (κ3) is 7.34. The molecule has 0 unspecified atom stereocenters. The predicted octanol–water partition coefficient (Wildman–Crippen LogP) is 12.8. The highest BCUT2D eigenvalue weighted by molar-refractivity contribution is 5.79. The molecule has 0 saturated carbocycles. The molecule has 0 radical (unpaired) electrons. The number of benzene rings is 6. The number of hydrogen-bond donors (Lipinski definition) is 0. The smallest absolute Gasteiger partial charge is 0.168 e. The van der Waals surface area contributed by atoms with Crippen molar-refractivity contribution in [1.29, 1.82) is 0 Å². The van der Waals surface area contributed by atoms with Gasteiger partial charge in [-0.05, 0) is 109 Å². The quantitative estimate of drug-likeness (QED) is 0.147. The van der Waals surface area contributed by atoms with Crippen LogP contribution in [0.5, 0.6) is 0 Å². The molecular formula is C53H36N6. The summed E-state index contributed by atoms with van der Waals surface area (Å²) in [5, 5.41) is 9.83. The van der Waals surface area contributed by atoms with Gasteiger partial charge in [0.25, 0.3) is 0 Å². The lowest BCUT2D eigenvalue weighted by molar-refractivity contribution is 1.07. The van der Waals surface area contributed by atoms with Crippen molar-refractivity contribution in [3.05, 3.63) is 219 Å². The minimum atomic E-state index is 0.754. The summed E-state index contributed by atoms with van der Waals surface area (Å²) in [5.41, 5.74) is 16.2. The van der Waals surface area contributed by atoms with Gasteiger partial charge in [-0.25, -0.2) is 0 Å². The van der Waals surface area contributed by atoms with E-state index in [2.05, 4.69) is 183 Å². The van der Waals surface area contributed by atoms with E-state index >= 15 is 0 Å². The van der Waals surface area contributed by atoms with E-state index in [-0.39, 0.29) is 0 Å². The van der Waals surface area contributed by atoms with Crippen molar-refractivity contribution in [2.24, 2.45) is 0 Å². The maximum atomic E-state index is 4.92. The lowest BCUT2D eigenvalue weighted by Gasteiger charge is -2.14. The van der Waals surface area contributed by atoms with Gasteiger partial charge in [-0.15, -0.1) is 10.2 Å². The van der Waals surface area contributed by atoms with Gasteiger partial charge in [-0.3, -0.25) is 19.5 Å². The zero-order valence-corrected chi connectivity index (χ0v) is 32.0. The number of rotatable bonds is 9. The highest BCUT2D eigenvalue weighted by Gasteiger charge is 2.19. The molecular weight excluding hydrogens is 721 g/mol. The third-order valence-electron chi connectivity index (χ3n) is 10.6. The van der Waals surface area contributed by atoms with Crippen LogP contribution in [0.2, 0.25) is 0 Å². The van der Waals surface area contributed by atoms with Crippen LogP contribution in [0, 0.1) is 0 Å². The van der Waals surface area contributed by atoms with E-state index in [0.29, 0.717) is 0 Å². The van der Waals surface area contributed by atoms with Gasteiger partial charge in [0.05, 0.1) is 0 Å². The first-order valence-corrected chi connectivity index (χ1v) is 19.5. The van der Waals surface area contributed by atoms with E-state index in [1.165, 1.54) is 0 Å². The van der Waals surface area contributed by atoms with E-state index in [4.69, 9.17) is 10.2 Å². The van der Waals surface area contributed by atoms with Crippen LogP contribution in [0.15, 0.2) is 219 Å². The normalized spacial score (nSPS) is 11.1. The van der Waals surface area contributed by atoms with Gasteiger partial charge in [0.15, 0.2) is 11.6 Å². The second-order valence-electron chi connectivity index (χ2n) is 14.4. The summed E-state index contributed by atoms with van der Waals surface area (Å²) < 4.78 is 2.18. The molecule has 6 heteroatoms. The molecule has 0 fully saturated rings. The molecule has 0 amide bonds. The maximum Gasteiger partial charge on any atom is 0.168 e. The first kappa shape index (κ1) is 35.3. The van der Waals surface area contributed by atoms with Crippen LogP contribution in [0.4, 0.5) is 0 Å². The molecule has 0 saturated heterocycles. The largest absolute Gasteiger partial charge is 0.275 e. The highest BCUT2D eigenvalue weighted by Crippen LogP contribution is 2.35. The molecule has 4 heterocycles. The summed E-state index contributed by atoms with van der Waals surface area (Å²) in [4.78, 5) is 12.9. The minimum Gasteiger partial charge on any atom is -0.275 e. The van der Waals surface area contributed by atoms with Crippen molar-refractivity contribution in [1.82, 2.24) is 29.7 Å². The zero-order valence-electron chi connectivity index (χ0n) is 32.0. The molecule has 59 heavy (non-hydrogen) atoms. The van der Waals surface area contributed by atoms with Crippen LogP contribution in [0.25, 0.3) is 95.2 Å². The molecule has 0 aliphatic rings. The first-order chi connectivity index (χ1) is 29.2. The Labute approximate surface area is 342 Å². The van der Waals surface area contributed by atoms with Crippen molar-refractivity contribution in [2.75, 3.05) is 0 Å². The lowest BCUT2D eigenvalue weighted by atomic mass is 9.99. The Hall–Kier alpha value is -8.09. The Morgan fingerprint density at radius 1 is 0.254 bits per heavy atom. The molecule has 0 aliphatic carbocycles. The van der Waals surface area contributed by atoms with Crippen LogP contribution in [0.1, 0.15) is 0 Å². The van der Waals surface area contributed by atoms with Crippen molar-refractivity contribution in [3.8, 4) is 95.2 Å². The van der Waals surface area contributed by atoms with Crippen LogP contribution in [-0.2, 0) is 0 Å². The van der Waals surface area contributed by atoms with Gasteiger partial charge in [-0.2, -0.15) is 0 Å². The fourth-order valence-corrected chi connectivity index (χ4v) is 7.57. The van der Waals surface area contributed by atoms with E-state index in [1.54, 1.807) is 18.6 Å². The van der Waals surface area contributed by atoms with E-state index in [0.717, 1.165) is 95.2 Å².